The van der Waals surface area contributed by atoms with Crippen LogP contribution in [0.1, 0.15) is 45.7 Å². The fourth-order valence-corrected chi connectivity index (χ4v) is 2.54. The number of hydrogen-bond donors (Lipinski definition) is 1. The van der Waals surface area contributed by atoms with Gasteiger partial charge in [0.1, 0.15) is 5.82 Å². The highest BCUT2D eigenvalue weighted by Crippen LogP contribution is 2.20. The molecule has 1 aromatic carbocycles. The van der Waals surface area contributed by atoms with Gasteiger partial charge in [-0.2, -0.15) is 0 Å². The molecule has 1 unspecified atom stereocenters. The van der Waals surface area contributed by atoms with E-state index >= 15 is 0 Å². The molecule has 0 aliphatic heterocycles. The van der Waals surface area contributed by atoms with Crippen LogP contribution < -0.4 is 5.32 Å². The fourth-order valence-electron chi connectivity index (χ4n) is 2.54. The second kappa shape index (κ2) is 8.38. The van der Waals surface area contributed by atoms with Crippen LogP contribution in [0.3, 0.4) is 0 Å². The third-order valence-corrected chi connectivity index (χ3v) is 3.66. The van der Waals surface area contributed by atoms with Crippen molar-refractivity contribution in [3.8, 4) is 0 Å². The zero-order valence-corrected chi connectivity index (χ0v) is 13.5. The summed E-state index contributed by atoms with van der Waals surface area (Å²) in [5.74, 6) is 0.533. The number of halogens is 1. The molecule has 0 heterocycles. The number of hydrogen-bond acceptors (Lipinski definition) is 2. The van der Waals surface area contributed by atoms with Gasteiger partial charge >= 0.3 is 0 Å². The summed E-state index contributed by atoms with van der Waals surface area (Å²) in [6, 6.07) is 7.65. The number of rotatable bonds is 8. The molecule has 0 amide bonds. The van der Waals surface area contributed by atoms with E-state index in [0.29, 0.717) is 12.0 Å². The molecule has 0 aliphatic carbocycles. The standard InChI is InChI=1S/C17H29FN2/c1-13(2)12-20(14(3)4)11-10-17(19-5)15-8-6-7-9-16(15)18/h6-9,13-14,17,19H,10-12H2,1-5H3. The van der Waals surface area contributed by atoms with Gasteiger partial charge in [0.25, 0.3) is 0 Å². The molecule has 2 nitrogen and oxygen atoms in total. The Morgan fingerprint density at radius 1 is 1.15 bits per heavy atom. The molecule has 3 heteroatoms. The predicted molar refractivity (Wildman–Crippen MR) is 84.4 cm³/mol. The third-order valence-electron chi connectivity index (χ3n) is 3.66. The molecule has 0 bridgehead atoms. The minimum atomic E-state index is -0.119. The Balaban J connectivity index is 2.67. The molecule has 0 aromatic heterocycles. The molecule has 0 saturated carbocycles. The van der Waals surface area contributed by atoms with E-state index in [-0.39, 0.29) is 11.9 Å². The quantitative estimate of drug-likeness (QED) is 0.778. The highest BCUT2D eigenvalue weighted by molar-refractivity contribution is 5.21. The van der Waals surface area contributed by atoms with Crippen molar-refractivity contribution >= 4 is 0 Å². The number of nitrogens with zero attached hydrogens (tertiary/aromatic N) is 1. The lowest BCUT2D eigenvalue weighted by molar-refractivity contribution is 0.188. The van der Waals surface area contributed by atoms with E-state index in [1.807, 2.05) is 19.2 Å². The van der Waals surface area contributed by atoms with E-state index in [9.17, 15) is 4.39 Å². The van der Waals surface area contributed by atoms with Crippen LogP contribution in [0.25, 0.3) is 0 Å². The summed E-state index contributed by atoms with van der Waals surface area (Å²) in [4.78, 5) is 2.47. The monoisotopic (exact) mass is 280 g/mol. The van der Waals surface area contributed by atoms with E-state index in [1.54, 1.807) is 6.07 Å². The molecule has 0 saturated heterocycles. The van der Waals surface area contributed by atoms with Crippen LogP contribution in [-0.2, 0) is 0 Å². The van der Waals surface area contributed by atoms with Crippen molar-refractivity contribution in [1.29, 1.82) is 0 Å². The van der Waals surface area contributed by atoms with Gasteiger partial charge in [-0.3, -0.25) is 0 Å². The predicted octanol–water partition coefficient (Wildman–Crippen LogP) is 3.84. The zero-order valence-electron chi connectivity index (χ0n) is 13.5. The van der Waals surface area contributed by atoms with Crippen LogP contribution in [-0.4, -0.2) is 31.1 Å². The topological polar surface area (TPSA) is 15.3 Å². The Hall–Kier alpha value is -0.930. The van der Waals surface area contributed by atoms with Gasteiger partial charge in [0.2, 0.25) is 0 Å². The summed E-state index contributed by atoms with van der Waals surface area (Å²) in [5, 5.41) is 3.24. The first-order chi connectivity index (χ1) is 9.45. The Morgan fingerprint density at radius 3 is 2.30 bits per heavy atom. The molecule has 0 spiro atoms. The van der Waals surface area contributed by atoms with E-state index in [4.69, 9.17) is 0 Å². The highest BCUT2D eigenvalue weighted by atomic mass is 19.1. The van der Waals surface area contributed by atoms with E-state index in [2.05, 4.69) is 37.9 Å². The summed E-state index contributed by atoms with van der Waals surface area (Å²) in [5.41, 5.74) is 0.767. The smallest absolute Gasteiger partial charge is 0.127 e. The van der Waals surface area contributed by atoms with Crippen LogP contribution in [0.5, 0.6) is 0 Å². The molecule has 1 atom stereocenters. The maximum absolute atomic E-state index is 13.9. The van der Waals surface area contributed by atoms with Crippen LogP contribution in [0.15, 0.2) is 24.3 Å². The van der Waals surface area contributed by atoms with E-state index < -0.39 is 0 Å². The SMILES string of the molecule is CNC(CCN(CC(C)C)C(C)C)c1ccccc1F. The Kier molecular flexibility index (Phi) is 7.17. The lowest BCUT2D eigenvalue weighted by Gasteiger charge is -2.30. The van der Waals surface area contributed by atoms with Crippen molar-refractivity contribution in [2.24, 2.45) is 5.92 Å². The van der Waals surface area contributed by atoms with Crippen molar-refractivity contribution in [3.63, 3.8) is 0 Å². The van der Waals surface area contributed by atoms with Crippen LogP contribution in [0, 0.1) is 11.7 Å². The molecule has 20 heavy (non-hydrogen) atoms. The van der Waals surface area contributed by atoms with Crippen molar-refractivity contribution in [2.75, 3.05) is 20.1 Å². The third kappa shape index (κ3) is 5.22. The molecular weight excluding hydrogens is 251 g/mol. The van der Waals surface area contributed by atoms with E-state index in [1.165, 1.54) is 6.07 Å². The Bertz CT molecular complexity index is 390. The molecular formula is C17H29FN2. The summed E-state index contributed by atoms with van der Waals surface area (Å²) in [6.07, 6.45) is 0.919. The Morgan fingerprint density at radius 2 is 1.80 bits per heavy atom. The van der Waals surface area contributed by atoms with Crippen LogP contribution >= 0.6 is 0 Å². The van der Waals surface area contributed by atoms with Gasteiger partial charge in [0.05, 0.1) is 0 Å². The van der Waals surface area contributed by atoms with Crippen molar-refractivity contribution in [1.82, 2.24) is 10.2 Å². The van der Waals surface area contributed by atoms with Gasteiger partial charge in [-0.05, 0) is 39.3 Å². The maximum Gasteiger partial charge on any atom is 0.127 e. The lowest BCUT2D eigenvalue weighted by atomic mass is 10.0. The first-order valence-corrected chi connectivity index (χ1v) is 7.61. The van der Waals surface area contributed by atoms with Gasteiger partial charge in [-0.15, -0.1) is 0 Å². The van der Waals surface area contributed by atoms with Gasteiger partial charge in [-0.1, -0.05) is 32.0 Å². The van der Waals surface area contributed by atoms with Crippen molar-refractivity contribution in [2.45, 2.75) is 46.2 Å². The van der Waals surface area contributed by atoms with E-state index in [0.717, 1.165) is 25.1 Å². The summed E-state index contributed by atoms with van der Waals surface area (Å²) < 4.78 is 13.9. The van der Waals surface area contributed by atoms with Gasteiger partial charge in [-0.25, -0.2) is 4.39 Å². The fraction of sp³-hybridized carbons (Fsp3) is 0.647. The molecule has 0 fully saturated rings. The molecule has 114 valence electrons. The Labute approximate surface area is 123 Å². The average Bonchev–Trinajstić information content (AvgIpc) is 2.39. The first kappa shape index (κ1) is 17.1. The van der Waals surface area contributed by atoms with Gasteiger partial charge in [0, 0.05) is 30.7 Å². The summed E-state index contributed by atoms with van der Waals surface area (Å²) in [7, 11) is 1.90. The molecule has 1 aromatic rings. The number of nitrogens with one attached hydrogen (secondary N) is 1. The largest absolute Gasteiger partial charge is 0.313 e. The minimum Gasteiger partial charge on any atom is -0.313 e. The lowest BCUT2D eigenvalue weighted by Crippen LogP contribution is -2.36. The highest BCUT2D eigenvalue weighted by Gasteiger charge is 2.17. The zero-order chi connectivity index (χ0) is 15.1. The van der Waals surface area contributed by atoms with Gasteiger partial charge in [0.15, 0.2) is 0 Å². The second-order valence-electron chi connectivity index (χ2n) is 6.13. The van der Waals surface area contributed by atoms with Crippen LogP contribution in [0.2, 0.25) is 0 Å². The summed E-state index contributed by atoms with van der Waals surface area (Å²) in [6.45, 7) is 11.0. The van der Waals surface area contributed by atoms with Crippen molar-refractivity contribution < 1.29 is 4.39 Å². The molecule has 1 N–H and O–H groups in total. The summed E-state index contributed by atoms with van der Waals surface area (Å²) >= 11 is 0. The van der Waals surface area contributed by atoms with Crippen LogP contribution in [0.4, 0.5) is 4.39 Å². The second-order valence-corrected chi connectivity index (χ2v) is 6.13. The minimum absolute atomic E-state index is 0.0737. The van der Waals surface area contributed by atoms with Gasteiger partial charge < -0.3 is 10.2 Å². The molecule has 0 aliphatic rings. The molecule has 0 radical (unpaired) electrons. The first-order valence-electron chi connectivity index (χ1n) is 7.61. The maximum atomic E-state index is 13.9. The number of benzene rings is 1. The normalized spacial score (nSPS) is 13.4. The van der Waals surface area contributed by atoms with Crippen molar-refractivity contribution in [3.05, 3.63) is 35.6 Å². The molecule has 1 rings (SSSR count). The average molecular weight is 280 g/mol.